The molecule has 0 bridgehead atoms. The van der Waals surface area contributed by atoms with E-state index in [1.165, 1.54) is 12.1 Å². The fourth-order valence-corrected chi connectivity index (χ4v) is 2.68. The number of benzene rings is 1. The highest BCUT2D eigenvalue weighted by Gasteiger charge is 2.25. The van der Waals surface area contributed by atoms with Crippen LogP contribution in [0.3, 0.4) is 0 Å². The molecule has 0 radical (unpaired) electrons. The average Bonchev–Trinajstić information content (AvgIpc) is 3.17. The molecule has 8 heteroatoms. The molecule has 1 atom stereocenters. The average molecular weight is 304 g/mol. The lowest BCUT2D eigenvalue weighted by Gasteiger charge is -2.20. The second-order valence-electron chi connectivity index (χ2n) is 5.27. The van der Waals surface area contributed by atoms with Crippen molar-refractivity contribution in [3.05, 3.63) is 40.3 Å². The molecule has 0 amide bonds. The Bertz CT molecular complexity index is 672. The summed E-state index contributed by atoms with van der Waals surface area (Å²) < 4.78 is 5.22. The van der Waals surface area contributed by atoms with E-state index in [9.17, 15) is 15.2 Å². The van der Waals surface area contributed by atoms with Crippen molar-refractivity contribution in [3.63, 3.8) is 0 Å². The first-order chi connectivity index (χ1) is 10.7. The first-order valence-electron chi connectivity index (χ1n) is 7.09. The lowest BCUT2D eigenvalue weighted by Crippen LogP contribution is -2.31. The summed E-state index contributed by atoms with van der Waals surface area (Å²) in [4.78, 5) is 16.7. The summed E-state index contributed by atoms with van der Waals surface area (Å²) in [6.07, 6.45) is 2.00. The molecule has 0 unspecified atom stereocenters. The Labute approximate surface area is 126 Å². The topological polar surface area (TPSA) is 106 Å². The predicted octanol–water partition coefficient (Wildman–Crippen LogP) is 1.60. The van der Waals surface area contributed by atoms with E-state index >= 15 is 0 Å². The van der Waals surface area contributed by atoms with Gasteiger partial charge in [-0.25, -0.2) is 0 Å². The number of aliphatic hydroxyl groups excluding tert-OH is 1. The molecule has 1 aromatic carbocycles. The smallest absolute Gasteiger partial charge is 0.270 e. The molecule has 1 aliphatic heterocycles. The van der Waals surface area contributed by atoms with E-state index in [4.69, 9.17) is 4.52 Å². The zero-order valence-electron chi connectivity index (χ0n) is 11.9. The normalized spacial score (nSPS) is 18.7. The summed E-state index contributed by atoms with van der Waals surface area (Å²) in [5.74, 6) is 0.778. The molecule has 116 valence electrons. The number of nitrogens with zero attached hydrogens (tertiary/aromatic N) is 4. The highest BCUT2D eigenvalue weighted by Crippen LogP contribution is 2.23. The zero-order chi connectivity index (χ0) is 15.5. The summed E-state index contributed by atoms with van der Waals surface area (Å²) in [5.41, 5.74) is 0.535. The summed E-state index contributed by atoms with van der Waals surface area (Å²) in [6, 6.07) is 6.26. The summed E-state index contributed by atoms with van der Waals surface area (Å²) in [7, 11) is 0. The maximum atomic E-state index is 10.8. The van der Waals surface area contributed by atoms with Crippen LogP contribution in [0.4, 0.5) is 5.69 Å². The minimum absolute atomic E-state index is 0.0104. The van der Waals surface area contributed by atoms with Crippen LogP contribution in [0, 0.1) is 10.1 Å². The number of likely N-dealkylation sites (tertiary alicyclic amines) is 1. The van der Waals surface area contributed by atoms with Crippen molar-refractivity contribution in [3.8, 4) is 11.4 Å². The molecule has 1 N–H and O–H groups in total. The number of rotatable bonds is 5. The molecule has 0 spiro atoms. The molecule has 2 aromatic rings. The first kappa shape index (κ1) is 14.6. The molecule has 3 rings (SSSR count). The minimum Gasteiger partial charge on any atom is -0.395 e. The quantitative estimate of drug-likeness (QED) is 0.660. The van der Waals surface area contributed by atoms with Crippen molar-refractivity contribution < 1.29 is 14.6 Å². The number of aliphatic hydroxyl groups is 1. The summed E-state index contributed by atoms with van der Waals surface area (Å²) in [6.45, 7) is 1.48. The second-order valence-corrected chi connectivity index (χ2v) is 5.27. The van der Waals surface area contributed by atoms with E-state index in [0.29, 0.717) is 23.8 Å². The molecular formula is C14H16N4O4. The molecule has 0 aliphatic carbocycles. The van der Waals surface area contributed by atoms with Crippen LogP contribution in [0.15, 0.2) is 28.8 Å². The number of aromatic nitrogens is 2. The monoisotopic (exact) mass is 304 g/mol. The fourth-order valence-electron chi connectivity index (χ4n) is 2.68. The van der Waals surface area contributed by atoms with Gasteiger partial charge in [0.05, 0.1) is 18.1 Å². The van der Waals surface area contributed by atoms with Crippen LogP contribution >= 0.6 is 0 Å². The standard InChI is InChI=1S/C14H16N4O4/c19-9-12-5-2-6-17(12)8-13-15-14(16-22-13)10-3-1-4-11(7-10)18(20)21/h1,3-4,7,12,19H,2,5-6,8-9H2/t12-/m1/s1. The van der Waals surface area contributed by atoms with Crippen LogP contribution < -0.4 is 0 Å². The van der Waals surface area contributed by atoms with Gasteiger partial charge in [-0.05, 0) is 19.4 Å². The SMILES string of the molecule is O=[N+]([O-])c1cccc(-c2noc(CN3CCC[C@@H]3CO)n2)c1. The van der Waals surface area contributed by atoms with Gasteiger partial charge in [0.25, 0.3) is 5.69 Å². The summed E-state index contributed by atoms with van der Waals surface area (Å²) >= 11 is 0. The largest absolute Gasteiger partial charge is 0.395 e. The highest BCUT2D eigenvalue weighted by atomic mass is 16.6. The Morgan fingerprint density at radius 2 is 2.36 bits per heavy atom. The molecule has 1 saturated heterocycles. The molecule has 0 saturated carbocycles. The van der Waals surface area contributed by atoms with E-state index < -0.39 is 4.92 Å². The molecule has 22 heavy (non-hydrogen) atoms. The van der Waals surface area contributed by atoms with E-state index in [0.717, 1.165) is 19.4 Å². The third-order valence-corrected chi connectivity index (χ3v) is 3.83. The van der Waals surface area contributed by atoms with Gasteiger partial charge in [0, 0.05) is 23.7 Å². The number of hydrogen-bond acceptors (Lipinski definition) is 7. The fraction of sp³-hybridized carbons (Fsp3) is 0.429. The van der Waals surface area contributed by atoms with E-state index in [1.807, 2.05) is 0 Å². The van der Waals surface area contributed by atoms with E-state index in [-0.39, 0.29) is 18.3 Å². The number of hydrogen-bond donors (Lipinski definition) is 1. The third-order valence-electron chi connectivity index (χ3n) is 3.83. The van der Waals surface area contributed by atoms with Gasteiger partial charge in [-0.2, -0.15) is 4.98 Å². The molecule has 1 fully saturated rings. The van der Waals surface area contributed by atoms with Gasteiger partial charge < -0.3 is 9.63 Å². The van der Waals surface area contributed by atoms with Gasteiger partial charge >= 0.3 is 0 Å². The van der Waals surface area contributed by atoms with Crippen molar-refractivity contribution in [1.29, 1.82) is 0 Å². The summed E-state index contributed by atoms with van der Waals surface area (Å²) in [5, 5.41) is 24.0. The van der Waals surface area contributed by atoms with E-state index in [1.54, 1.807) is 12.1 Å². The van der Waals surface area contributed by atoms with Gasteiger partial charge in [-0.1, -0.05) is 17.3 Å². The van der Waals surface area contributed by atoms with Crippen LogP contribution in [-0.2, 0) is 6.54 Å². The molecule has 2 heterocycles. The Kier molecular flexibility index (Phi) is 4.12. The Balaban J connectivity index is 1.76. The lowest BCUT2D eigenvalue weighted by molar-refractivity contribution is -0.384. The number of nitro groups is 1. The van der Waals surface area contributed by atoms with Crippen LogP contribution in [0.1, 0.15) is 18.7 Å². The van der Waals surface area contributed by atoms with Gasteiger partial charge in [-0.15, -0.1) is 0 Å². The number of nitro benzene ring substituents is 1. The molecule has 1 aliphatic rings. The van der Waals surface area contributed by atoms with Crippen molar-refractivity contribution in [2.75, 3.05) is 13.2 Å². The zero-order valence-corrected chi connectivity index (χ0v) is 11.9. The molecule has 1 aromatic heterocycles. The van der Waals surface area contributed by atoms with Crippen LogP contribution in [0.5, 0.6) is 0 Å². The van der Waals surface area contributed by atoms with Gasteiger partial charge in [0.2, 0.25) is 11.7 Å². The Hall–Kier alpha value is -2.32. The Morgan fingerprint density at radius 1 is 1.50 bits per heavy atom. The Morgan fingerprint density at radius 3 is 3.14 bits per heavy atom. The second kappa shape index (κ2) is 6.20. The third kappa shape index (κ3) is 2.97. The van der Waals surface area contributed by atoms with Crippen LogP contribution in [-0.4, -0.2) is 44.3 Å². The van der Waals surface area contributed by atoms with Gasteiger partial charge in [0.1, 0.15) is 0 Å². The van der Waals surface area contributed by atoms with Crippen molar-refractivity contribution in [2.24, 2.45) is 0 Å². The first-order valence-corrected chi connectivity index (χ1v) is 7.09. The predicted molar refractivity (Wildman–Crippen MR) is 76.9 cm³/mol. The van der Waals surface area contributed by atoms with Crippen molar-refractivity contribution in [2.45, 2.75) is 25.4 Å². The maximum absolute atomic E-state index is 10.8. The van der Waals surface area contributed by atoms with Gasteiger partial charge in [0.15, 0.2) is 0 Å². The number of non-ortho nitro benzene ring substituents is 1. The molecular weight excluding hydrogens is 288 g/mol. The van der Waals surface area contributed by atoms with Crippen molar-refractivity contribution >= 4 is 5.69 Å². The van der Waals surface area contributed by atoms with Gasteiger partial charge in [-0.3, -0.25) is 15.0 Å². The lowest BCUT2D eigenvalue weighted by atomic mass is 10.2. The highest BCUT2D eigenvalue weighted by molar-refractivity contribution is 5.58. The van der Waals surface area contributed by atoms with Crippen LogP contribution in [0.25, 0.3) is 11.4 Å². The maximum Gasteiger partial charge on any atom is 0.270 e. The minimum atomic E-state index is -0.458. The van der Waals surface area contributed by atoms with Crippen LogP contribution in [0.2, 0.25) is 0 Å². The van der Waals surface area contributed by atoms with Crippen molar-refractivity contribution in [1.82, 2.24) is 15.0 Å². The van der Waals surface area contributed by atoms with E-state index in [2.05, 4.69) is 15.0 Å². The molecule has 8 nitrogen and oxygen atoms in total.